The summed E-state index contributed by atoms with van der Waals surface area (Å²) in [5.41, 5.74) is 6.86. The molecule has 4 nitrogen and oxygen atoms in total. The normalized spacial score (nSPS) is 10.6. The van der Waals surface area contributed by atoms with Crippen LogP contribution < -0.4 is 5.73 Å². The molecule has 0 bridgehead atoms. The van der Waals surface area contributed by atoms with Gasteiger partial charge in [0, 0.05) is 5.02 Å². The summed E-state index contributed by atoms with van der Waals surface area (Å²) in [4.78, 5) is 0. The maximum atomic E-state index is 5.82. The molecule has 2 N–H and O–H groups in total. The minimum Gasteiger partial charge on any atom is -0.368 e. The van der Waals surface area contributed by atoms with Gasteiger partial charge in [0.15, 0.2) is 5.16 Å². The van der Waals surface area contributed by atoms with Gasteiger partial charge >= 0.3 is 0 Å². The lowest BCUT2D eigenvalue weighted by atomic mass is 10.2. The first-order valence-corrected chi connectivity index (χ1v) is 6.28. The lowest BCUT2D eigenvalue weighted by Crippen LogP contribution is -2.05. The summed E-state index contributed by atoms with van der Waals surface area (Å²) in [6.07, 6.45) is 1.95. The molecule has 1 aromatic carbocycles. The molecule has 16 heavy (non-hydrogen) atoms. The predicted molar refractivity (Wildman–Crippen MR) is 66.8 cm³/mol. The van der Waals surface area contributed by atoms with E-state index in [1.807, 2.05) is 35.1 Å². The lowest BCUT2D eigenvalue weighted by Gasteiger charge is -2.06. The van der Waals surface area contributed by atoms with Gasteiger partial charge in [0.05, 0.1) is 6.54 Å². The van der Waals surface area contributed by atoms with Crippen LogP contribution in [0.1, 0.15) is 5.56 Å². The van der Waals surface area contributed by atoms with Crippen molar-refractivity contribution in [1.82, 2.24) is 14.8 Å². The van der Waals surface area contributed by atoms with Gasteiger partial charge in [-0.05, 0) is 24.0 Å². The molecule has 1 heterocycles. The summed E-state index contributed by atoms with van der Waals surface area (Å²) in [7, 11) is 0. The fourth-order valence-electron chi connectivity index (χ4n) is 1.37. The van der Waals surface area contributed by atoms with Crippen molar-refractivity contribution in [3.8, 4) is 0 Å². The molecule has 6 heteroatoms. The van der Waals surface area contributed by atoms with Gasteiger partial charge < -0.3 is 5.73 Å². The Morgan fingerprint density at radius 2 is 2.00 bits per heavy atom. The molecule has 0 saturated carbocycles. The van der Waals surface area contributed by atoms with Crippen LogP contribution >= 0.6 is 23.4 Å². The third-order valence-corrected chi connectivity index (χ3v) is 3.10. The predicted octanol–water partition coefficient (Wildman–Crippen LogP) is 2.28. The Kier molecular flexibility index (Phi) is 3.36. The van der Waals surface area contributed by atoms with Gasteiger partial charge in [0.25, 0.3) is 0 Å². The van der Waals surface area contributed by atoms with E-state index in [9.17, 15) is 0 Å². The van der Waals surface area contributed by atoms with Gasteiger partial charge in [0.1, 0.15) is 0 Å². The second kappa shape index (κ2) is 4.76. The molecule has 0 aliphatic carbocycles. The Hall–Kier alpha value is -1.20. The fourth-order valence-corrected chi connectivity index (χ4v) is 2.00. The van der Waals surface area contributed by atoms with Crippen molar-refractivity contribution in [3.63, 3.8) is 0 Å². The number of nitrogens with two attached hydrogens (primary N) is 1. The highest BCUT2D eigenvalue weighted by Crippen LogP contribution is 2.18. The first-order chi connectivity index (χ1) is 7.70. The highest BCUT2D eigenvalue weighted by molar-refractivity contribution is 7.98. The number of aromatic nitrogens is 3. The average Bonchev–Trinajstić information content (AvgIpc) is 2.63. The van der Waals surface area contributed by atoms with E-state index in [1.54, 1.807) is 0 Å². The molecule has 1 aromatic heterocycles. The summed E-state index contributed by atoms with van der Waals surface area (Å²) in [6, 6.07) is 7.64. The summed E-state index contributed by atoms with van der Waals surface area (Å²) in [5, 5.41) is 9.36. The summed E-state index contributed by atoms with van der Waals surface area (Å²) in [5.74, 6) is 0.430. The topological polar surface area (TPSA) is 56.7 Å². The maximum Gasteiger partial charge on any atom is 0.222 e. The molecule has 84 valence electrons. The van der Waals surface area contributed by atoms with Gasteiger partial charge in [-0.15, -0.1) is 10.2 Å². The van der Waals surface area contributed by atoms with E-state index in [0.717, 1.165) is 15.7 Å². The molecular formula is C10H11ClN4S. The maximum absolute atomic E-state index is 5.82. The van der Waals surface area contributed by atoms with Crippen LogP contribution in [0.4, 0.5) is 5.95 Å². The average molecular weight is 255 g/mol. The van der Waals surface area contributed by atoms with Crippen molar-refractivity contribution in [3.05, 3.63) is 34.9 Å². The van der Waals surface area contributed by atoms with Crippen LogP contribution in [-0.4, -0.2) is 21.0 Å². The van der Waals surface area contributed by atoms with E-state index in [4.69, 9.17) is 17.3 Å². The number of hydrogen-bond donors (Lipinski definition) is 1. The zero-order valence-corrected chi connectivity index (χ0v) is 10.3. The molecular weight excluding hydrogens is 244 g/mol. The van der Waals surface area contributed by atoms with Gasteiger partial charge in [-0.1, -0.05) is 35.5 Å². The lowest BCUT2D eigenvalue weighted by molar-refractivity contribution is 0.718. The van der Waals surface area contributed by atoms with Crippen LogP contribution in [0.25, 0.3) is 0 Å². The number of halogens is 1. The molecule has 0 spiro atoms. The number of anilines is 1. The van der Waals surface area contributed by atoms with Gasteiger partial charge in [0.2, 0.25) is 5.95 Å². The van der Waals surface area contributed by atoms with Crippen molar-refractivity contribution in [2.75, 3.05) is 12.0 Å². The van der Waals surface area contributed by atoms with Crippen molar-refractivity contribution >= 4 is 29.3 Å². The second-order valence-corrected chi connectivity index (χ2v) is 4.47. The Morgan fingerprint density at radius 1 is 1.31 bits per heavy atom. The molecule has 0 aliphatic rings. The Balaban J connectivity index is 2.26. The quantitative estimate of drug-likeness (QED) is 0.854. The highest BCUT2D eigenvalue weighted by Gasteiger charge is 2.08. The van der Waals surface area contributed by atoms with E-state index in [-0.39, 0.29) is 0 Å². The fraction of sp³-hybridized carbons (Fsp3) is 0.200. The summed E-state index contributed by atoms with van der Waals surface area (Å²) in [6.45, 7) is 0.659. The van der Waals surface area contributed by atoms with Crippen LogP contribution in [-0.2, 0) is 6.54 Å². The first kappa shape index (κ1) is 11.3. The minimum atomic E-state index is 0.430. The second-order valence-electron chi connectivity index (χ2n) is 3.26. The third kappa shape index (κ3) is 2.31. The molecule has 0 amide bonds. The van der Waals surface area contributed by atoms with Gasteiger partial charge in [-0.3, -0.25) is 4.57 Å². The number of hydrogen-bond acceptors (Lipinski definition) is 4. The Bertz CT molecular complexity index is 480. The monoisotopic (exact) mass is 254 g/mol. The van der Waals surface area contributed by atoms with Crippen molar-refractivity contribution in [1.29, 1.82) is 0 Å². The molecule has 0 saturated heterocycles. The molecule has 0 unspecified atom stereocenters. The number of nitrogens with zero attached hydrogens (tertiary/aromatic N) is 3. The Morgan fingerprint density at radius 3 is 2.62 bits per heavy atom. The Labute approximate surface area is 103 Å². The van der Waals surface area contributed by atoms with Crippen molar-refractivity contribution in [2.45, 2.75) is 11.7 Å². The standard InChI is InChI=1S/C10H11ClN4S/c1-16-10-14-13-9(12)15(10)6-7-2-4-8(11)5-3-7/h2-5H,6H2,1H3,(H2,12,13). The van der Waals surface area contributed by atoms with E-state index >= 15 is 0 Å². The van der Waals surface area contributed by atoms with E-state index in [0.29, 0.717) is 12.5 Å². The molecule has 2 aromatic rings. The zero-order chi connectivity index (χ0) is 11.5. The number of nitrogen functional groups attached to an aromatic ring is 1. The van der Waals surface area contributed by atoms with Crippen molar-refractivity contribution < 1.29 is 0 Å². The van der Waals surface area contributed by atoms with E-state index < -0.39 is 0 Å². The molecule has 0 atom stereocenters. The van der Waals surface area contributed by atoms with Crippen molar-refractivity contribution in [2.24, 2.45) is 0 Å². The van der Waals surface area contributed by atoms with E-state index in [1.165, 1.54) is 11.8 Å². The first-order valence-electron chi connectivity index (χ1n) is 4.68. The molecule has 0 radical (unpaired) electrons. The molecule has 2 rings (SSSR count). The van der Waals surface area contributed by atoms with E-state index in [2.05, 4.69) is 10.2 Å². The number of benzene rings is 1. The summed E-state index contributed by atoms with van der Waals surface area (Å²) < 4.78 is 1.87. The SMILES string of the molecule is CSc1nnc(N)n1Cc1ccc(Cl)cc1. The zero-order valence-electron chi connectivity index (χ0n) is 8.72. The smallest absolute Gasteiger partial charge is 0.222 e. The molecule has 0 fully saturated rings. The van der Waals surface area contributed by atoms with Gasteiger partial charge in [-0.25, -0.2) is 0 Å². The van der Waals surface area contributed by atoms with Crippen LogP contribution in [0.3, 0.4) is 0 Å². The van der Waals surface area contributed by atoms with Crippen LogP contribution in [0.2, 0.25) is 5.02 Å². The van der Waals surface area contributed by atoms with Crippen LogP contribution in [0.5, 0.6) is 0 Å². The van der Waals surface area contributed by atoms with Gasteiger partial charge in [-0.2, -0.15) is 0 Å². The minimum absolute atomic E-state index is 0.430. The molecule has 0 aliphatic heterocycles. The third-order valence-electron chi connectivity index (χ3n) is 2.18. The largest absolute Gasteiger partial charge is 0.368 e. The van der Waals surface area contributed by atoms with Crippen LogP contribution in [0.15, 0.2) is 29.4 Å². The van der Waals surface area contributed by atoms with Crippen LogP contribution in [0, 0.1) is 0 Å². The summed E-state index contributed by atoms with van der Waals surface area (Å²) >= 11 is 7.35. The highest BCUT2D eigenvalue weighted by atomic mass is 35.5. The number of thioether (sulfide) groups is 1. The number of rotatable bonds is 3.